The first-order valence-corrected chi connectivity index (χ1v) is 6.57. The van der Waals surface area contributed by atoms with Crippen LogP contribution in [-0.2, 0) is 20.8 Å². The van der Waals surface area contributed by atoms with Crippen molar-refractivity contribution in [3.8, 4) is 0 Å². The fourth-order valence-electron chi connectivity index (χ4n) is 1.46. The summed E-state index contributed by atoms with van der Waals surface area (Å²) in [7, 11) is 0. The van der Waals surface area contributed by atoms with Gasteiger partial charge in [-0.15, -0.1) is 5.06 Å². The molecule has 20 heavy (non-hydrogen) atoms. The number of carbonyl (C=O) groups is 2. The molecule has 110 valence electrons. The van der Waals surface area contributed by atoms with Gasteiger partial charge in [-0.05, 0) is 33.3 Å². The highest BCUT2D eigenvalue weighted by atomic mass is 16.8. The van der Waals surface area contributed by atoms with E-state index in [0.29, 0.717) is 0 Å². The monoisotopic (exact) mass is 279 g/mol. The summed E-state index contributed by atoms with van der Waals surface area (Å²) in [5.41, 5.74) is 0.203. The highest BCUT2D eigenvalue weighted by Crippen LogP contribution is 2.11. The zero-order valence-corrected chi connectivity index (χ0v) is 12.4. The van der Waals surface area contributed by atoms with Gasteiger partial charge in [0.25, 0.3) is 0 Å². The number of hydroxylamine groups is 2. The van der Waals surface area contributed by atoms with E-state index in [0.717, 1.165) is 10.6 Å². The van der Waals surface area contributed by atoms with Crippen LogP contribution in [-0.4, -0.2) is 29.3 Å². The van der Waals surface area contributed by atoms with Gasteiger partial charge in [-0.1, -0.05) is 30.3 Å². The van der Waals surface area contributed by atoms with Crippen molar-refractivity contribution in [2.75, 3.05) is 6.54 Å². The molecule has 0 aliphatic carbocycles. The van der Waals surface area contributed by atoms with Crippen LogP contribution in [0.3, 0.4) is 0 Å². The SMILES string of the molecule is CCN(OC(=O)Cc1ccccc1)C(=O)OC(C)(C)C. The molecule has 5 heteroatoms. The van der Waals surface area contributed by atoms with Crippen molar-refractivity contribution in [3.63, 3.8) is 0 Å². The maximum absolute atomic E-state index is 11.8. The van der Waals surface area contributed by atoms with Gasteiger partial charge in [0.15, 0.2) is 0 Å². The molecule has 0 bridgehead atoms. The Kier molecular flexibility index (Phi) is 5.55. The average Bonchev–Trinajstić information content (AvgIpc) is 2.35. The van der Waals surface area contributed by atoms with Gasteiger partial charge in [-0.3, -0.25) is 0 Å². The molecule has 0 spiro atoms. The van der Waals surface area contributed by atoms with Crippen LogP contribution in [0.25, 0.3) is 0 Å². The number of benzene rings is 1. The quantitative estimate of drug-likeness (QED) is 0.798. The third kappa shape index (κ3) is 5.73. The van der Waals surface area contributed by atoms with Crippen molar-refractivity contribution in [3.05, 3.63) is 35.9 Å². The third-order valence-electron chi connectivity index (χ3n) is 2.29. The Balaban J connectivity index is 2.55. The minimum absolute atomic E-state index is 0.111. The standard InChI is InChI=1S/C15H21NO4/c1-5-16(14(18)19-15(2,3)4)20-13(17)11-12-9-7-6-8-10-12/h6-10H,5,11H2,1-4H3. The number of hydrogen-bond acceptors (Lipinski definition) is 4. The highest BCUT2D eigenvalue weighted by Gasteiger charge is 2.24. The maximum Gasteiger partial charge on any atom is 0.443 e. The molecule has 1 aromatic rings. The van der Waals surface area contributed by atoms with E-state index in [4.69, 9.17) is 9.57 Å². The van der Waals surface area contributed by atoms with Gasteiger partial charge in [-0.2, -0.15) is 0 Å². The van der Waals surface area contributed by atoms with Crippen LogP contribution in [0.15, 0.2) is 30.3 Å². The summed E-state index contributed by atoms with van der Waals surface area (Å²) in [5.74, 6) is -0.496. The minimum atomic E-state index is -0.665. The lowest BCUT2D eigenvalue weighted by Gasteiger charge is -2.25. The topological polar surface area (TPSA) is 55.8 Å². The van der Waals surface area contributed by atoms with Crippen LogP contribution in [0.1, 0.15) is 33.3 Å². The molecular weight excluding hydrogens is 258 g/mol. The smallest absolute Gasteiger partial charge is 0.442 e. The van der Waals surface area contributed by atoms with Gasteiger partial charge in [0, 0.05) is 0 Å². The molecule has 5 nitrogen and oxygen atoms in total. The Bertz CT molecular complexity index is 451. The van der Waals surface area contributed by atoms with E-state index >= 15 is 0 Å². The van der Waals surface area contributed by atoms with Crippen LogP contribution in [0, 0.1) is 0 Å². The van der Waals surface area contributed by atoms with Crippen molar-refractivity contribution >= 4 is 12.1 Å². The Morgan fingerprint density at radius 1 is 1.15 bits per heavy atom. The van der Waals surface area contributed by atoms with Crippen molar-refractivity contribution in [1.29, 1.82) is 0 Å². The number of hydrogen-bond donors (Lipinski definition) is 0. The molecule has 1 aromatic carbocycles. The van der Waals surface area contributed by atoms with E-state index in [1.54, 1.807) is 27.7 Å². The minimum Gasteiger partial charge on any atom is -0.442 e. The van der Waals surface area contributed by atoms with Crippen molar-refractivity contribution < 1.29 is 19.2 Å². The molecule has 1 amide bonds. The van der Waals surface area contributed by atoms with Crippen molar-refractivity contribution in [2.24, 2.45) is 0 Å². The van der Waals surface area contributed by atoms with Crippen LogP contribution in [0.5, 0.6) is 0 Å². The highest BCUT2D eigenvalue weighted by molar-refractivity contribution is 5.75. The van der Waals surface area contributed by atoms with Gasteiger partial charge in [0.05, 0.1) is 13.0 Å². The normalized spacial score (nSPS) is 10.8. The molecule has 0 atom stereocenters. The molecule has 0 saturated carbocycles. The lowest BCUT2D eigenvalue weighted by atomic mass is 10.2. The summed E-state index contributed by atoms with van der Waals surface area (Å²) in [4.78, 5) is 28.6. The third-order valence-corrected chi connectivity index (χ3v) is 2.29. The summed E-state index contributed by atoms with van der Waals surface area (Å²) < 4.78 is 5.15. The molecule has 0 unspecified atom stereocenters. The van der Waals surface area contributed by atoms with Gasteiger partial charge in [-0.25, -0.2) is 9.59 Å². The first kappa shape index (κ1) is 16.0. The molecule has 0 N–H and O–H groups in total. The van der Waals surface area contributed by atoms with Crippen molar-refractivity contribution in [2.45, 2.75) is 39.7 Å². The summed E-state index contributed by atoms with van der Waals surface area (Å²) in [6.07, 6.45) is -0.554. The number of carbonyl (C=O) groups excluding carboxylic acids is 2. The second-order valence-electron chi connectivity index (χ2n) is 5.30. The molecule has 0 saturated heterocycles. The zero-order valence-electron chi connectivity index (χ0n) is 12.4. The predicted molar refractivity (Wildman–Crippen MR) is 74.9 cm³/mol. The van der Waals surface area contributed by atoms with E-state index in [1.807, 2.05) is 30.3 Å². The Labute approximate surface area is 119 Å². The Hall–Kier alpha value is -2.04. The van der Waals surface area contributed by atoms with E-state index in [1.165, 1.54) is 0 Å². The van der Waals surface area contributed by atoms with Gasteiger partial charge >= 0.3 is 12.1 Å². The number of nitrogens with zero attached hydrogens (tertiary/aromatic N) is 1. The lowest BCUT2D eigenvalue weighted by molar-refractivity contribution is -0.182. The lowest BCUT2D eigenvalue weighted by Crippen LogP contribution is -2.38. The van der Waals surface area contributed by atoms with E-state index in [2.05, 4.69) is 0 Å². The molecule has 0 fully saturated rings. The van der Waals surface area contributed by atoms with E-state index in [9.17, 15) is 9.59 Å². The first-order chi connectivity index (χ1) is 9.31. The molecule has 0 heterocycles. The Morgan fingerprint density at radius 3 is 2.25 bits per heavy atom. The second-order valence-corrected chi connectivity index (χ2v) is 5.30. The first-order valence-electron chi connectivity index (χ1n) is 6.57. The van der Waals surface area contributed by atoms with Gasteiger partial charge < -0.3 is 9.57 Å². The molecular formula is C15H21NO4. The Morgan fingerprint density at radius 2 is 1.75 bits per heavy atom. The molecule has 1 rings (SSSR count). The zero-order chi connectivity index (χ0) is 15.2. The summed E-state index contributed by atoms with van der Waals surface area (Å²) in [6.45, 7) is 7.20. The van der Waals surface area contributed by atoms with E-state index in [-0.39, 0.29) is 13.0 Å². The van der Waals surface area contributed by atoms with Gasteiger partial charge in [0.2, 0.25) is 0 Å². The van der Waals surface area contributed by atoms with Gasteiger partial charge in [0.1, 0.15) is 5.60 Å². The van der Waals surface area contributed by atoms with Crippen LogP contribution in [0.2, 0.25) is 0 Å². The second kappa shape index (κ2) is 6.93. The summed E-state index contributed by atoms with van der Waals surface area (Å²) in [6, 6.07) is 9.20. The predicted octanol–water partition coefficient (Wildman–Crippen LogP) is 2.94. The van der Waals surface area contributed by atoms with Crippen LogP contribution >= 0.6 is 0 Å². The fourth-order valence-corrected chi connectivity index (χ4v) is 1.46. The molecule has 0 radical (unpaired) electrons. The maximum atomic E-state index is 11.8. The summed E-state index contributed by atoms with van der Waals surface area (Å²) in [5, 5.41) is 0.927. The van der Waals surface area contributed by atoms with E-state index < -0.39 is 17.7 Å². The number of rotatable bonds is 3. The van der Waals surface area contributed by atoms with Crippen LogP contribution in [0.4, 0.5) is 4.79 Å². The molecule has 0 aromatic heterocycles. The largest absolute Gasteiger partial charge is 0.443 e. The average molecular weight is 279 g/mol. The van der Waals surface area contributed by atoms with Crippen molar-refractivity contribution in [1.82, 2.24) is 5.06 Å². The molecule has 0 aliphatic heterocycles. The fraction of sp³-hybridized carbons (Fsp3) is 0.467. The molecule has 0 aliphatic rings. The van der Waals surface area contributed by atoms with Crippen LogP contribution < -0.4 is 0 Å². The summed E-state index contributed by atoms with van der Waals surface area (Å²) >= 11 is 0. The number of ether oxygens (including phenoxy) is 1. The number of amides is 1.